The largest absolute Gasteiger partial charge is 0.342 e. The van der Waals surface area contributed by atoms with E-state index in [1.165, 1.54) is 0 Å². The predicted octanol–water partition coefficient (Wildman–Crippen LogP) is 5.63. The molecule has 1 saturated heterocycles. The van der Waals surface area contributed by atoms with Crippen LogP contribution in [0.15, 0.2) is 60.1 Å². The summed E-state index contributed by atoms with van der Waals surface area (Å²) in [6, 6.07) is 8.27. The molecule has 0 N–H and O–H groups in total. The van der Waals surface area contributed by atoms with Crippen LogP contribution in [0, 0.1) is 17.8 Å². The van der Waals surface area contributed by atoms with Crippen molar-refractivity contribution >= 4 is 23.2 Å². The van der Waals surface area contributed by atoms with Crippen LogP contribution in [0.1, 0.15) is 69.9 Å². The van der Waals surface area contributed by atoms with Crippen LogP contribution in [0.25, 0.3) is 5.57 Å². The lowest BCUT2D eigenvalue weighted by Gasteiger charge is -2.28. The first-order chi connectivity index (χ1) is 17.3. The molecule has 2 aliphatic carbocycles. The molecular formula is C31H39N3O2. The molecule has 5 nitrogen and oxygen atoms in total. The molecule has 2 saturated carbocycles. The lowest BCUT2D eigenvalue weighted by atomic mass is 9.91. The Balaban J connectivity index is 1.34. The fraction of sp³-hybridized carbons (Fsp3) is 0.516. The molecule has 5 rings (SSSR count). The molecule has 2 aliphatic heterocycles. The second-order valence-corrected chi connectivity index (χ2v) is 11.4. The van der Waals surface area contributed by atoms with Gasteiger partial charge in [-0.1, -0.05) is 74.9 Å². The van der Waals surface area contributed by atoms with Crippen molar-refractivity contribution in [1.29, 1.82) is 0 Å². The standard InChI is InChI=1S/C31H39N3O2/c1-5-21(2)18-22(3)24-8-10-25(11-9-24)28-32-31(15-6-7-16-31)30(36)34(28)19-23(4)27-14-17-33(20-27)29(35)26-12-13-26/h5,8-11,18,23,26-27H,1,3,6-7,12-17,19-20H2,2,4H3. The van der Waals surface area contributed by atoms with Gasteiger partial charge in [-0.25, -0.2) is 0 Å². The summed E-state index contributed by atoms with van der Waals surface area (Å²) >= 11 is 0. The number of rotatable bonds is 8. The van der Waals surface area contributed by atoms with E-state index in [4.69, 9.17) is 4.99 Å². The van der Waals surface area contributed by atoms with Gasteiger partial charge in [-0.15, -0.1) is 0 Å². The number of carbonyl (C=O) groups excluding carboxylic acids is 2. The molecule has 1 aromatic carbocycles. The summed E-state index contributed by atoms with van der Waals surface area (Å²) in [5, 5.41) is 0. The molecule has 36 heavy (non-hydrogen) atoms. The zero-order chi connectivity index (χ0) is 25.4. The van der Waals surface area contributed by atoms with Crippen LogP contribution in [0.4, 0.5) is 0 Å². The fourth-order valence-corrected chi connectivity index (χ4v) is 6.06. The topological polar surface area (TPSA) is 53.0 Å². The Morgan fingerprint density at radius 1 is 1.19 bits per heavy atom. The highest BCUT2D eigenvalue weighted by molar-refractivity contribution is 6.15. The molecule has 1 spiro atoms. The normalized spacial score (nSPS) is 24.4. The van der Waals surface area contributed by atoms with Gasteiger partial charge in [-0.3, -0.25) is 19.5 Å². The third-order valence-corrected chi connectivity index (χ3v) is 8.63. The zero-order valence-corrected chi connectivity index (χ0v) is 21.8. The number of nitrogens with zero attached hydrogens (tertiary/aromatic N) is 3. The van der Waals surface area contributed by atoms with Crippen molar-refractivity contribution in [2.24, 2.45) is 22.7 Å². The smallest absolute Gasteiger partial charge is 0.256 e. The second-order valence-electron chi connectivity index (χ2n) is 11.4. The van der Waals surface area contributed by atoms with E-state index < -0.39 is 5.54 Å². The lowest BCUT2D eigenvalue weighted by molar-refractivity contribution is -0.132. The van der Waals surface area contributed by atoms with Gasteiger partial charge in [0.15, 0.2) is 0 Å². The Hall–Kier alpha value is -2.95. The highest BCUT2D eigenvalue weighted by Gasteiger charge is 2.50. The molecule has 5 heteroatoms. The number of hydrogen-bond acceptors (Lipinski definition) is 3. The van der Waals surface area contributed by atoms with Gasteiger partial charge in [0.2, 0.25) is 5.91 Å². The minimum atomic E-state index is -0.579. The minimum Gasteiger partial charge on any atom is -0.342 e. The summed E-state index contributed by atoms with van der Waals surface area (Å²) < 4.78 is 0. The molecule has 0 radical (unpaired) electrons. The first kappa shape index (κ1) is 24.7. The number of likely N-dealkylation sites (tertiary alicyclic amines) is 1. The van der Waals surface area contributed by atoms with Crippen molar-refractivity contribution in [3.63, 3.8) is 0 Å². The molecule has 1 aromatic rings. The molecule has 2 amide bonds. The van der Waals surface area contributed by atoms with E-state index in [2.05, 4.69) is 49.2 Å². The van der Waals surface area contributed by atoms with Gasteiger partial charge in [-0.2, -0.15) is 0 Å². The maximum atomic E-state index is 13.8. The number of allylic oxidation sites excluding steroid dienone is 4. The van der Waals surface area contributed by atoms with Crippen LogP contribution in [0.5, 0.6) is 0 Å². The van der Waals surface area contributed by atoms with E-state index in [-0.39, 0.29) is 11.8 Å². The number of amides is 2. The maximum absolute atomic E-state index is 13.8. The van der Waals surface area contributed by atoms with Crippen LogP contribution in [0.3, 0.4) is 0 Å². The number of aliphatic imine (C=N–C) groups is 1. The summed E-state index contributed by atoms with van der Waals surface area (Å²) in [7, 11) is 0. The summed E-state index contributed by atoms with van der Waals surface area (Å²) in [6.07, 6.45) is 10.8. The third kappa shape index (κ3) is 4.72. The average Bonchev–Trinajstić information content (AvgIpc) is 3.31. The highest BCUT2D eigenvalue weighted by atomic mass is 16.2. The number of carbonyl (C=O) groups is 2. The molecular weight excluding hydrogens is 446 g/mol. The van der Waals surface area contributed by atoms with Crippen LogP contribution in [0.2, 0.25) is 0 Å². The van der Waals surface area contributed by atoms with Crippen molar-refractivity contribution in [2.75, 3.05) is 19.6 Å². The molecule has 190 valence electrons. The van der Waals surface area contributed by atoms with Gasteiger partial charge in [0.05, 0.1) is 0 Å². The molecule has 2 unspecified atom stereocenters. The van der Waals surface area contributed by atoms with Crippen LogP contribution in [-0.4, -0.2) is 52.6 Å². The second kappa shape index (κ2) is 9.84. The molecule has 2 atom stereocenters. The first-order valence-electron chi connectivity index (χ1n) is 13.6. The van der Waals surface area contributed by atoms with E-state index in [1.807, 2.05) is 24.0 Å². The molecule has 4 aliphatic rings. The van der Waals surface area contributed by atoms with E-state index in [9.17, 15) is 9.59 Å². The van der Waals surface area contributed by atoms with E-state index >= 15 is 0 Å². The van der Waals surface area contributed by atoms with E-state index in [1.54, 1.807) is 0 Å². The van der Waals surface area contributed by atoms with Crippen molar-refractivity contribution in [3.8, 4) is 0 Å². The minimum absolute atomic E-state index is 0.170. The predicted molar refractivity (Wildman–Crippen MR) is 145 cm³/mol. The van der Waals surface area contributed by atoms with Gasteiger partial charge >= 0.3 is 0 Å². The lowest BCUT2D eigenvalue weighted by Crippen LogP contribution is -2.44. The Morgan fingerprint density at radius 3 is 2.53 bits per heavy atom. The molecule has 3 fully saturated rings. The van der Waals surface area contributed by atoms with Crippen molar-refractivity contribution in [3.05, 3.63) is 66.3 Å². The van der Waals surface area contributed by atoms with Gasteiger partial charge in [0, 0.05) is 31.1 Å². The number of amidine groups is 1. The van der Waals surface area contributed by atoms with Gasteiger partial charge in [0.1, 0.15) is 11.4 Å². The molecule has 2 heterocycles. The number of benzene rings is 1. The maximum Gasteiger partial charge on any atom is 0.256 e. The average molecular weight is 486 g/mol. The van der Waals surface area contributed by atoms with Crippen molar-refractivity contribution < 1.29 is 9.59 Å². The molecule has 0 bridgehead atoms. The van der Waals surface area contributed by atoms with Gasteiger partial charge < -0.3 is 4.90 Å². The molecule has 0 aromatic heterocycles. The Labute approximate surface area is 215 Å². The summed E-state index contributed by atoms with van der Waals surface area (Å²) in [4.78, 5) is 35.5. The Morgan fingerprint density at radius 2 is 1.89 bits per heavy atom. The fourth-order valence-electron chi connectivity index (χ4n) is 6.06. The van der Waals surface area contributed by atoms with Crippen LogP contribution >= 0.6 is 0 Å². The summed E-state index contributed by atoms with van der Waals surface area (Å²) in [5.74, 6) is 2.33. The zero-order valence-electron chi connectivity index (χ0n) is 21.8. The summed E-state index contributed by atoms with van der Waals surface area (Å²) in [6.45, 7) is 14.6. The van der Waals surface area contributed by atoms with E-state index in [0.29, 0.717) is 24.3 Å². The van der Waals surface area contributed by atoms with Crippen LogP contribution in [-0.2, 0) is 9.59 Å². The van der Waals surface area contributed by atoms with Gasteiger partial charge in [0.25, 0.3) is 5.91 Å². The Bertz CT molecular complexity index is 1120. The quantitative estimate of drug-likeness (QED) is 0.448. The van der Waals surface area contributed by atoms with Gasteiger partial charge in [-0.05, 0) is 62.0 Å². The van der Waals surface area contributed by atoms with Crippen LogP contribution < -0.4 is 0 Å². The summed E-state index contributed by atoms with van der Waals surface area (Å²) in [5.41, 5.74) is 3.46. The monoisotopic (exact) mass is 485 g/mol. The SMILES string of the molecule is C=CC(C)=CC(=C)c1ccc(C2=NC3(CCCC3)C(=O)N2CC(C)C2CCN(C(=O)C3CC3)C2)cc1. The number of hydrogen-bond donors (Lipinski definition) is 0. The third-order valence-electron chi connectivity index (χ3n) is 8.63. The van der Waals surface area contributed by atoms with Crippen molar-refractivity contribution in [1.82, 2.24) is 9.80 Å². The first-order valence-corrected chi connectivity index (χ1v) is 13.6. The highest BCUT2D eigenvalue weighted by Crippen LogP contribution is 2.41. The van der Waals surface area contributed by atoms with E-state index in [0.717, 1.165) is 86.1 Å². The van der Waals surface area contributed by atoms with Crippen molar-refractivity contribution in [2.45, 2.75) is 64.3 Å². The Kier molecular flexibility index (Phi) is 6.76.